The second-order valence-electron chi connectivity index (χ2n) is 6.08. The summed E-state index contributed by atoms with van der Waals surface area (Å²) in [6, 6.07) is 0. The van der Waals surface area contributed by atoms with Crippen LogP contribution in [0.25, 0.3) is 0 Å². The van der Waals surface area contributed by atoms with Crippen molar-refractivity contribution in [2.45, 2.75) is 65.2 Å². The summed E-state index contributed by atoms with van der Waals surface area (Å²) < 4.78 is 5.29. The first-order valence-corrected chi connectivity index (χ1v) is 10.3. The van der Waals surface area contributed by atoms with Crippen LogP contribution in [0.1, 0.15) is 73.2 Å². The number of fused-ring (bicyclic) bond motifs is 1. The van der Waals surface area contributed by atoms with Crippen molar-refractivity contribution in [3.8, 4) is 0 Å². The second-order valence-corrected chi connectivity index (χ2v) is 7.59. The highest BCUT2D eigenvalue weighted by atomic mass is 32.1. The normalized spacial score (nSPS) is 13.8. The smallest absolute Gasteiger partial charge is 0.341 e. The Labute approximate surface area is 154 Å². The maximum Gasteiger partial charge on any atom is 0.341 e. The molecule has 134 valence electrons. The van der Waals surface area contributed by atoms with E-state index in [2.05, 4.69) is 17.6 Å². The van der Waals surface area contributed by atoms with Crippen LogP contribution in [0.15, 0.2) is 0 Å². The minimum atomic E-state index is -0.229. The van der Waals surface area contributed by atoms with Gasteiger partial charge in [0.1, 0.15) is 5.00 Å². The molecule has 0 saturated heterocycles. The molecule has 0 bridgehead atoms. The molecular weight excluding hydrogens is 340 g/mol. The van der Waals surface area contributed by atoms with Crippen LogP contribution in [0, 0.1) is 0 Å². The van der Waals surface area contributed by atoms with Crippen LogP contribution >= 0.6 is 23.6 Å². The van der Waals surface area contributed by atoms with Gasteiger partial charge in [0.15, 0.2) is 5.11 Å². The summed E-state index contributed by atoms with van der Waals surface area (Å²) in [4.78, 5) is 13.8. The van der Waals surface area contributed by atoms with Crippen molar-refractivity contribution in [1.29, 1.82) is 0 Å². The van der Waals surface area contributed by atoms with Gasteiger partial charge in [0.2, 0.25) is 0 Å². The number of esters is 1. The quantitative estimate of drug-likeness (QED) is 0.317. The van der Waals surface area contributed by atoms with Gasteiger partial charge in [-0.15, -0.1) is 11.3 Å². The average Bonchev–Trinajstić information content (AvgIpc) is 2.73. The predicted octanol–water partition coefficient (Wildman–Crippen LogP) is 4.67. The summed E-state index contributed by atoms with van der Waals surface area (Å²) >= 11 is 7.06. The number of anilines is 1. The second kappa shape index (κ2) is 9.99. The third-order valence-electron chi connectivity index (χ3n) is 4.19. The topological polar surface area (TPSA) is 50.4 Å². The Morgan fingerprint density at radius 2 is 2.00 bits per heavy atom. The lowest BCUT2D eigenvalue weighted by Crippen LogP contribution is -2.29. The Balaban J connectivity index is 2.13. The number of hydrogen-bond donors (Lipinski definition) is 2. The van der Waals surface area contributed by atoms with E-state index in [4.69, 9.17) is 17.0 Å². The Kier molecular flexibility index (Phi) is 7.99. The summed E-state index contributed by atoms with van der Waals surface area (Å²) in [5.74, 6) is -0.229. The van der Waals surface area contributed by atoms with E-state index >= 15 is 0 Å². The summed E-state index contributed by atoms with van der Waals surface area (Å²) in [6.07, 6.45) is 9.03. The van der Waals surface area contributed by atoms with Crippen LogP contribution in [0.5, 0.6) is 0 Å². The number of aryl methyl sites for hydroxylation is 1. The fourth-order valence-electron chi connectivity index (χ4n) is 2.97. The minimum absolute atomic E-state index is 0.229. The van der Waals surface area contributed by atoms with Gasteiger partial charge in [0, 0.05) is 11.4 Å². The zero-order valence-corrected chi connectivity index (χ0v) is 16.3. The molecule has 0 spiro atoms. The molecule has 2 N–H and O–H groups in total. The predicted molar refractivity (Wildman–Crippen MR) is 105 cm³/mol. The minimum Gasteiger partial charge on any atom is -0.462 e. The van der Waals surface area contributed by atoms with Gasteiger partial charge < -0.3 is 15.4 Å². The standard InChI is InChI=1S/C18H28N2O2S2/c1-3-5-9-12-19-18(23)20-16-15(17(21)22-4-2)13-10-7-6-8-11-14(13)24-16/h3-12H2,1-2H3,(H2,19,20,23). The van der Waals surface area contributed by atoms with E-state index in [0.717, 1.165) is 37.2 Å². The largest absolute Gasteiger partial charge is 0.462 e. The van der Waals surface area contributed by atoms with Crippen LogP contribution in [0.2, 0.25) is 0 Å². The number of carbonyl (C=O) groups is 1. The summed E-state index contributed by atoms with van der Waals surface area (Å²) in [5, 5.41) is 7.91. The molecule has 0 unspecified atom stereocenters. The van der Waals surface area contributed by atoms with E-state index in [9.17, 15) is 4.79 Å². The zero-order chi connectivity index (χ0) is 17.4. The maximum atomic E-state index is 12.5. The van der Waals surface area contributed by atoms with E-state index in [-0.39, 0.29) is 5.97 Å². The van der Waals surface area contributed by atoms with E-state index in [1.165, 1.54) is 36.1 Å². The van der Waals surface area contributed by atoms with Gasteiger partial charge in [-0.3, -0.25) is 0 Å². The highest BCUT2D eigenvalue weighted by molar-refractivity contribution is 7.80. The monoisotopic (exact) mass is 368 g/mol. The molecule has 0 aromatic carbocycles. The van der Waals surface area contributed by atoms with Crippen LogP contribution < -0.4 is 10.6 Å². The van der Waals surface area contributed by atoms with Crippen LogP contribution in [-0.4, -0.2) is 24.2 Å². The first-order chi connectivity index (χ1) is 11.7. The molecule has 2 rings (SSSR count). The van der Waals surface area contributed by atoms with Gasteiger partial charge in [-0.05, 0) is 56.8 Å². The number of unbranched alkanes of at least 4 members (excludes halogenated alkanes) is 2. The molecule has 1 aliphatic rings. The fraction of sp³-hybridized carbons (Fsp3) is 0.667. The van der Waals surface area contributed by atoms with Crippen LogP contribution in [-0.2, 0) is 17.6 Å². The Morgan fingerprint density at radius 3 is 2.75 bits per heavy atom. The molecule has 0 radical (unpaired) electrons. The number of thiocarbonyl (C=S) groups is 1. The zero-order valence-electron chi connectivity index (χ0n) is 14.7. The van der Waals surface area contributed by atoms with Crippen molar-refractivity contribution < 1.29 is 9.53 Å². The number of carbonyl (C=O) groups excluding carboxylic acids is 1. The highest BCUT2D eigenvalue weighted by Gasteiger charge is 2.26. The molecule has 0 atom stereocenters. The van der Waals surface area contributed by atoms with Crippen LogP contribution in [0.4, 0.5) is 5.00 Å². The number of hydrogen-bond acceptors (Lipinski definition) is 4. The molecule has 4 nitrogen and oxygen atoms in total. The average molecular weight is 369 g/mol. The van der Waals surface area contributed by atoms with Crippen molar-refractivity contribution in [2.24, 2.45) is 0 Å². The lowest BCUT2D eigenvalue weighted by Gasteiger charge is -2.11. The molecule has 1 heterocycles. The van der Waals surface area contributed by atoms with Crippen molar-refractivity contribution in [2.75, 3.05) is 18.5 Å². The van der Waals surface area contributed by atoms with Crippen molar-refractivity contribution in [3.05, 3.63) is 16.0 Å². The van der Waals surface area contributed by atoms with E-state index in [1.807, 2.05) is 6.92 Å². The summed E-state index contributed by atoms with van der Waals surface area (Å²) in [5.41, 5.74) is 1.88. The molecule has 24 heavy (non-hydrogen) atoms. The lowest BCUT2D eigenvalue weighted by molar-refractivity contribution is 0.0527. The van der Waals surface area contributed by atoms with Crippen LogP contribution in [0.3, 0.4) is 0 Å². The Hall–Kier alpha value is -1.14. The third-order valence-corrected chi connectivity index (χ3v) is 5.65. The molecule has 1 aromatic rings. The highest BCUT2D eigenvalue weighted by Crippen LogP contribution is 2.37. The third kappa shape index (κ3) is 5.18. The van der Waals surface area contributed by atoms with Gasteiger partial charge in [-0.25, -0.2) is 4.79 Å². The molecule has 0 saturated carbocycles. The lowest BCUT2D eigenvalue weighted by atomic mass is 10.1. The molecule has 6 heteroatoms. The Bertz CT molecular complexity index is 570. The first-order valence-electron chi connectivity index (χ1n) is 9.03. The molecule has 1 aliphatic carbocycles. The van der Waals surface area contributed by atoms with E-state index in [1.54, 1.807) is 11.3 Å². The fourth-order valence-corrected chi connectivity index (χ4v) is 4.52. The number of nitrogens with one attached hydrogen (secondary N) is 2. The summed E-state index contributed by atoms with van der Waals surface area (Å²) in [7, 11) is 0. The molecular formula is C18H28N2O2S2. The van der Waals surface area contributed by atoms with Crippen molar-refractivity contribution in [3.63, 3.8) is 0 Å². The number of thiophene rings is 1. The summed E-state index contributed by atoms with van der Waals surface area (Å²) in [6.45, 7) is 5.28. The first kappa shape index (κ1) is 19.2. The SMILES string of the molecule is CCCCCNC(=S)Nc1sc2c(c1C(=O)OCC)CCCCC2. The molecule has 1 aromatic heterocycles. The molecule has 0 fully saturated rings. The molecule has 0 amide bonds. The molecule has 0 aliphatic heterocycles. The Morgan fingerprint density at radius 1 is 1.21 bits per heavy atom. The van der Waals surface area contributed by atoms with E-state index in [0.29, 0.717) is 17.3 Å². The van der Waals surface area contributed by atoms with Gasteiger partial charge in [-0.2, -0.15) is 0 Å². The van der Waals surface area contributed by atoms with Crippen molar-refractivity contribution >= 4 is 39.6 Å². The van der Waals surface area contributed by atoms with Gasteiger partial charge in [0.25, 0.3) is 0 Å². The van der Waals surface area contributed by atoms with Gasteiger partial charge in [-0.1, -0.05) is 26.2 Å². The van der Waals surface area contributed by atoms with Gasteiger partial charge >= 0.3 is 5.97 Å². The van der Waals surface area contributed by atoms with Gasteiger partial charge in [0.05, 0.1) is 12.2 Å². The maximum absolute atomic E-state index is 12.5. The number of ether oxygens (including phenoxy) is 1. The number of rotatable bonds is 7. The van der Waals surface area contributed by atoms with E-state index < -0.39 is 0 Å². The van der Waals surface area contributed by atoms with Crippen molar-refractivity contribution in [1.82, 2.24) is 5.32 Å².